The SMILES string of the molecule is O=[N+]([O-])c1ccccc1C1CNC(CO)C1. The van der Waals surface area contributed by atoms with Gasteiger partial charge in [-0.05, 0) is 6.42 Å². The fraction of sp³-hybridized carbons (Fsp3) is 0.455. The Bertz CT molecular complexity index is 395. The van der Waals surface area contributed by atoms with Gasteiger partial charge in [-0.3, -0.25) is 10.1 Å². The molecule has 1 aromatic rings. The Morgan fingerprint density at radius 1 is 1.50 bits per heavy atom. The molecule has 0 bridgehead atoms. The molecule has 2 rings (SSSR count). The van der Waals surface area contributed by atoms with Crippen molar-refractivity contribution in [3.8, 4) is 0 Å². The Kier molecular flexibility index (Phi) is 3.17. The summed E-state index contributed by atoms with van der Waals surface area (Å²) in [5.41, 5.74) is 0.934. The van der Waals surface area contributed by atoms with E-state index in [4.69, 9.17) is 5.11 Å². The molecule has 1 saturated heterocycles. The van der Waals surface area contributed by atoms with Crippen LogP contribution in [-0.2, 0) is 0 Å². The Morgan fingerprint density at radius 2 is 2.25 bits per heavy atom. The molecule has 1 aliphatic rings. The third-order valence-electron chi connectivity index (χ3n) is 3.02. The molecule has 1 heterocycles. The van der Waals surface area contributed by atoms with E-state index in [0.29, 0.717) is 6.54 Å². The molecule has 5 heteroatoms. The van der Waals surface area contributed by atoms with Gasteiger partial charge >= 0.3 is 0 Å². The minimum absolute atomic E-state index is 0.0600. The highest BCUT2D eigenvalue weighted by molar-refractivity contribution is 5.43. The third kappa shape index (κ3) is 2.05. The lowest BCUT2D eigenvalue weighted by Crippen LogP contribution is -2.24. The van der Waals surface area contributed by atoms with Crippen molar-refractivity contribution < 1.29 is 10.0 Å². The van der Waals surface area contributed by atoms with Crippen molar-refractivity contribution in [2.24, 2.45) is 0 Å². The lowest BCUT2D eigenvalue weighted by molar-refractivity contribution is -0.385. The number of nitrogens with zero attached hydrogens (tertiary/aromatic N) is 1. The van der Waals surface area contributed by atoms with Crippen LogP contribution in [0, 0.1) is 10.1 Å². The summed E-state index contributed by atoms with van der Waals surface area (Å²) in [7, 11) is 0. The molecule has 1 aliphatic heterocycles. The lowest BCUT2D eigenvalue weighted by Gasteiger charge is -2.09. The van der Waals surface area contributed by atoms with Crippen LogP contribution >= 0.6 is 0 Å². The monoisotopic (exact) mass is 222 g/mol. The first kappa shape index (κ1) is 11.0. The molecular formula is C11H14N2O3. The fourth-order valence-corrected chi connectivity index (χ4v) is 2.19. The Balaban J connectivity index is 2.24. The molecule has 2 N–H and O–H groups in total. The van der Waals surface area contributed by atoms with Crippen LogP contribution in [0.5, 0.6) is 0 Å². The summed E-state index contributed by atoms with van der Waals surface area (Å²) in [4.78, 5) is 10.5. The number of hydrogen-bond donors (Lipinski definition) is 2. The predicted molar refractivity (Wildman–Crippen MR) is 59.3 cm³/mol. The first-order valence-corrected chi connectivity index (χ1v) is 5.30. The van der Waals surface area contributed by atoms with Gasteiger partial charge < -0.3 is 10.4 Å². The van der Waals surface area contributed by atoms with E-state index in [2.05, 4.69) is 5.32 Å². The molecule has 0 radical (unpaired) electrons. The number of hydrogen-bond acceptors (Lipinski definition) is 4. The highest BCUT2D eigenvalue weighted by Crippen LogP contribution is 2.31. The van der Waals surface area contributed by atoms with E-state index >= 15 is 0 Å². The molecule has 5 nitrogen and oxygen atoms in total. The first-order valence-electron chi connectivity index (χ1n) is 5.30. The minimum Gasteiger partial charge on any atom is -0.395 e. The third-order valence-corrected chi connectivity index (χ3v) is 3.02. The molecule has 16 heavy (non-hydrogen) atoms. The maximum Gasteiger partial charge on any atom is 0.272 e. The topological polar surface area (TPSA) is 75.4 Å². The van der Waals surface area contributed by atoms with Gasteiger partial charge in [0.1, 0.15) is 0 Å². The van der Waals surface area contributed by atoms with E-state index in [-0.39, 0.29) is 29.2 Å². The molecule has 2 atom stereocenters. The number of nitro groups is 1. The molecule has 0 saturated carbocycles. The van der Waals surface area contributed by atoms with E-state index in [0.717, 1.165) is 12.0 Å². The summed E-state index contributed by atoms with van der Waals surface area (Å²) in [6, 6.07) is 6.87. The summed E-state index contributed by atoms with van der Waals surface area (Å²) in [6.07, 6.45) is 0.751. The average Bonchev–Trinajstić information content (AvgIpc) is 2.77. The van der Waals surface area contributed by atoms with Crippen molar-refractivity contribution in [1.82, 2.24) is 5.32 Å². The number of aliphatic hydroxyl groups is 1. The Hall–Kier alpha value is -1.46. The average molecular weight is 222 g/mol. The molecule has 0 aliphatic carbocycles. The van der Waals surface area contributed by atoms with Gasteiger partial charge in [-0.1, -0.05) is 18.2 Å². The standard InChI is InChI=1S/C11H14N2O3/c14-7-9-5-8(6-12-9)10-3-1-2-4-11(10)13(15)16/h1-4,8-9,12,14H,5-7H2. The van der Waals surface area contributed by atoms with E-state index in [1.54, 1.807) is 12.1 Å². The zero-order valence-electron chi connectivity index (χ0n) is 8.80. The van der Waals surface area contributed by atoms with Gasteiger partial charge in [0.05, 0.1) is 11.5 Å². The first-order chi connectivity index (χ1) is 7.72. The van der Waals surface area contributed by atoms with Crippen molar-refractivity contribution in [2.45, 2.75) is 18.4 Å². The Morgan fingerprint density at radius 3 is 2.88 bits per heavy atom. The zero-order valence-corrected chi connectivity index (χ0v) is 8.80. The Labute approximate surface area is 93.2 Å². The molecule has 2 unspecified atom stereocenters. The maximum atomic E-state index is 10.9. The van der Waals surface area contributed by atoms with E-state index in [1.807, 2.05) is 6.07 Å². The largest absolute Gasteiger partial charge is 0.395 e. The highest BCUT2D eigenvalue weighted by Gasteiger charge is 2.29. The van der Waals surface area contributed by atoms with E-state index in [1.165, 1.54) is 6.07 Å². The van der Waals surface area contributed by atoms with Gasteiger partial charge in [-0.25, -0.2) is 0 Å². The van der Waals surface area contributed by atoms with Crippen molar-refractivity contribution >= 4 is 5.69 Å². The van der Waals surface area contributed by atoms with Crippen LogP contribution in [0.15, 0.2) is 24.3 Å². The van der Waals surface area contributed by atoms with Crippen molar-refractivity contribution in [1.29, 1.82) is 0 Å². The second-order valence-corrected chi connectivity index (χ2v) is 4.04. The normalized spacial score (nSPS) is 24.6. The van der Waals surface area contributed by atoms with Crippen LogP contribution in [0.25, 0.3) is 0 Å². The van der Waals surface area contributed by atoms with Crippen molar-refractivity contribution in [3.05, 3.63) is 39.9 Å². The minimum atomic E-state index is -0.346. The van der Waals surface area contributed by atoms with Gasteiger partial charge in [-0.15, -0.1) is 0 Å². The van der Waals surface area contributed by atoms with Gasteiger partial charge in [-0.2, -0.15) is 0 Å². The molecule has 1 fully saturated rings. The van der Waals surface area contributed by atoms with Crippen LogP contribution in [0.1, 0.15) is 17.9 Å². The van der Waals surface area contributed by atoms with Crippen LogP contribution in [0.2, 0.25) is 0 Å². The molecular weight excluding hydrogens is 208 g/mol. The smallest absolute Gasteiger partial charge is 0.272 e. The quantitative estimate of drug-likeness (QED) is 0.591. The van der Waals surface area contributed by atoms with Crippen LogP contribution < -0.4 is 5.32 Å². The maximum absolute atomic E-state index is 10.9. The molecule has 0 amide bonds. The molecule has 86 valence electrons. The van der Waals surface area contributed by atoms with E-state index < -0.39 is 0 Å². The molecule has 0 aromatic heterocycles. The van der Waals surface area contributed by atoms with Gasteiger partial charge in [0.15, 0.2) is 0 Å². The fourth-order valence-electron chi connectivity index (χ4n) is 2.19. The number of para-hydroxylation sites is 1. The number of aliphatic hydroxyl groups excluding tert-OH is 1. The van der Waals surface area contributed by atoms with E-state index in [9.17, 15) is 10.1 Å². The van der Waals surface area contributed by atoms with Crippen LogP contribution in [-0.4, -0.2) is 29.2 Å². The summed E-state index contributed by atoms with van der Waals surface area (Å²) >= 11 is 0. The predicted octanol–water partition coefficient (Wildman–Crippen LogP) is 1.03. The number of nitro benzene ring substituents is 1. The summed E-state index contributed by atoms with van der Waals surface area (Å²) < 4.78 is 0. The number of nitrogens with one attached hydrogen (secondary N) is 1. The zero-order chi connectivity index (χ0) is 11.5. The van der Waals surface area contributed by atoms with Crippen molar-refractivity contribution in [3.63, 3.8) is 0 Å². The lowest BCUT2D eigenvalue weighted by atomic mass is 9.95. The highest BCUT2D eigenvalue weighted by atomic mass is 16.6. The van der Waals surface area contributed by atoms with Gasteiger partial charge in [0.25, 0.3) is 5.69 Å². The van der Waals surface area contributed by atoms with Crippen LogP contribution in [0.4, 0.5) is 5.69 Å². The number of benzene rings is 1. The summed E-state index contributed by atoms with van der Waals surface area (Å²) in [5.74, 6) is 0.124. The molecule has 1 aromatic carbocycles. The summed E-state index contributed by atoms with van der Waals surface area (Å²) in [5, 5.41) is 23.0. The van der Waals surface area contributed by atoms with Crippen LogP contribution in [0.3, 0.4) is 0 Å². The van der Waals surface area contributed by atoms with Crippen molar-refractivity contribution in [2.75, 3.05) is 13.2 Å². The molecule has 0 spiro atoms. The second kappa shape index (κ2) is 4.59. The second-order valence-electron chi connectivity index (χ2n) is 4.04. The number of rotatable bonds is 3. The summed E-state index contributed by atoms with van der Waals surface area (Å²) in [6.45, 7) is 0.771. The van der Waals surface area contributed by atoms with Gasteiger partial charge in [0.2, 0.25) is 0 Å². The van der Waals surface area contributed by atoms with Gasteiger partial charge in [0, 0.05) is 30.1 Å².